The normalized spacial score (nSPS) is 15.8. The first kappa shape index (κ1) is 23.6. The predicted octanol–water partition coefficient (Wildman–Crippen LogP) is 2.53. The molecule has 34 heavy (non-hydrogen) atoms. The van der Waals surface area contributed by atoms with Crippen molar-refractivity contribution in [3.05, 3.63) is 46.8 Å². The Morgan fingerprint density at radius 1 is 1.24 bits per heavy atom. The summed E-state index contributed by atoms with van der Waals surface area (Å²) in [6.07, 6.45) is 3.78. The van der Waals surface area contributed by atoms with Crippen LogP contribution in [0.15, 0.2) is 34.0 Å². The third kappa shape index (κ3) is 5.30. The first-order chi connectivity index (χ1) is 16.2. The number of rotatable bonds is 6. The molecule has 3 aromatic rings. The van der Waals surface area contributed by atoms with Gasteiger partial charge in [-0.05, 0) is 58.7 Å². The van der Waals surface area contributed by atoms with Crippen molar-refractivity contribution in [2.45, 2.75) is 52.5 Å². The molecule has 0 aliphatic carbocycles. The minimum absolute atomic E-state index is 0.0707. The van der Waals surface area contributed by atoms with E-state index in [1.54, 1.807) is 6.21 Å². The van der Waals surface area contributed by atoms with Gasteiger partial charge in [-0.15, -0.1) is 5.10 Å². The summed E-state index contributed by atoms with van der Waals surface area (Å²) in [5, 5.41) is 19.7. The quantitative estimate of drug-likeness (QED) is 0.418. The molecule has 0 atom stereocenters. The maximum Gasteiger partial charge on any atom is 0.293 e. The lowest BCUT2D eigenvalue weighted by Gasteiger charge is -2.30. The van der Waals surface area contributed by atoms with Gasteiger partial charge < -0.3 is 5.73 Å². The third-order valence-electron chi connectivity index (χ3n) is 6.08. The largest absolute Gasteiger partial charge is 0.378 e. The van der Waals surface area contributed by atoms with Gasteiger partial charge in [-0.3, -0.25) is 9.69 Å². The van der Waals surface area contributed by atoms with Gasteiger partial charge in [0.05, 0.1) is 11.9 Å². The summed E-state index contributed by atoms with van der Waals surface area (Å²) in [5.74, 6) is 0.491. The Hall–Kier alpha value is -3.60. The topological polar surface area (TPSA) is 140 Å². The molecular formula is C23H31N9O2. The number of aromatic nitrogens is 5. The molecule has 0 spiro atoms. The summed E-state index contributed by atoms with van der Waals surface area (Å²) < 4.78 is 6.13. The molecular weight excluding hydrogens is 434 g/mol. The van der Waals surface area contributed by atoms with Gasteiger partial charge in [-0.1, -0.05) is 57.2 Å². The van der Waals surface area contributed by atoms with E-state index in [0.717, 1.165) is 31.5 Å². The molecule has 1 amide bonds. The summed E-state index contributed by atoms with van der Waals surface area (Å²) in [5.41, 5.74) is 11.3. The Morgan fingerprint density at radius 3 is 2.56 bits per heavy atom. The van der Waals surface area contributed by atoms with Gasteiger partial charge in [-0.2, -0.15) is 9.78 Å². The van der Waals surface area contributed by atoms with E-state index < -0.39 is 5.91 Å². The van der Waals surface area contributed by atoms with Gasteiger partial charge in [0.15, 0.2) is 5.69 Å². The van der Waals surface area contributed by atoms with Crippen molar-refractivity contribution in [2.75, 3.05) is 18.8 Å². The summed E-state index contributed by atoms with van der Waals surface area (Å²) >= 11 is 0. The van der Waals surface area contributed by atoms with E-state index in [1.807, 2.05) is 12.1 Å². The van der Waals surface area contributed by atoms with Crippen molar-refractivity contribution in [3.8, 4) is 5.82 Å². The molecule has 0 bridgehead atoms. The Balaban J connectivity index is 1.52. The SMILES string of the molecule is CC1CCN(Cc2c(C(=O)NN=Cc3ccc(C(C)(C)C)cc3)nnn2-c2nonc2N)CC1. The van der Waals surface area contributed by atoms with Crippen molar-refractivity contribution in [3.63, 3.8) is 0 Å². The van der Waals surface area contributed by atoms with Crippen LogP contribution in [0.4, 0.5) is 5.82 Å². The lowest BCUT2D eigenvalue weighted by atomic mass is 9.87. The lowest BCUT2D eigenvalue weighted by Crippen LogP contribution is -2.34. The molecule has 1 aliphatic heterocycles. The Morgan fingerprint density at radius 2 is 1.94 bits per heavy atom. The molecule has 2 aromatic heterocycles. The average Bonchev–Trinajstić information content (AvgIpc) is 3.40. The second kappa shape index (κ2) is 9.72. The van der Waals surface area contributed by atoms with Crippen LogP contribution < -0.4 is 11.2 Å². The number of nitrogen functional groups attached to an aromatic ring is 1. The van der Waals surface area contributed by atoms with Crippen molar-refractivity contribution in [1.82, 2.24) is 35.6 Å². The number of nitrogens with two attached hydrogens (primary N) is 1. The molecule has 3 N–H and O–H groups in total. The second-order valence-corrected chi connectivity index (χ2v) is 9.80. The molecule has 11 heteroatoms. The Labute approximate surface area is 198 Å². The molecule has 0 unspecified atom stereocenters. The number of likely N-dealkylation sites (tertiary alicyclic amines) is 1. The number of nitrogens with one attached hydrogen (secondary N) is 1. The number of carbonyl (C=O) groups excluding carboxylic acids is 1. The van der Waals surface area contributed by atoms with Crippen molar-refractivity contribution >= 4 is 17.9 Å². The Kier molecular flexibility index (Phi) is 6.73. The fourth-order valence-corrected chi connectivity index (χ4v) is 3.85. The van der Waals surface area contributed by atoms with Crippen molar-refractivity contribution in [1.29, 1.82) is 0 Å². The van der Waals surface area contributed by atoms with Crippen LogP contribution in [0, 0.1) is 5.92 Å². The van der Waals surface area contributed by atoms with Crippen LogP contribution in [0.3, 0.4) is 0 Å². The van der Waals surface area contributed by atoms with Crippen LogP contribution in [0.5, 0.6) is 0 Å². The number of hydrazone groups is 1. The number of hydrogen-bond acceptors (Lipinski definition) is 9. The van der Waals surface area contributed by atoms with E-state index in [2.05, 4.69) is 75.9 Å². The summed E-state index contributed by atoms with van der Waals surface area (Å²) in [6.45, 7) is 11.0. The van der Waals surface area contributed by atoms with Crippen molar-refractivity contribution in [2.24, 2.45) is 11.0 Å². The van der Waals surface area contributed by atoms with Crippen LogP contribution >= 0.6 is 0 Å². The molecule has 1 aliphatic rings. The molecule has 4 rings (SSSR count). The lowest BCUT2D eigenvalue weighted by molar-refractivity contribution is 0.0947. The maximum absolute atomic E-state index is 13.0. The number of hydrogen-bond donors (Lipinski definition) is 2. The van der Waals surface area contributed by atoms with Crippen LogP contribution in [0.2, 0.25) is 0 Å². The zero-order chi connectivity index (χ0) is 24.3. The minimum atomic E-state index is -0.468. The first-order valence-electron chi connectivity index (χ1n) is 11.4. The Bertz CT molecular complexity index is 1150. The van der Waals surface area contributed by atoms with Crippen LogP contribution in [0.1, 0.15) is 67.8 Å². The fourth-order valence-electron chi connectivity index (χ4n) is 3.85. The fraction of sp³-hybridized carbons (Fsp3) is 0.478. The van der Waals surface area contributed by atoms with E-state index >= 15 is 0 Å². The molecule has 1 aromatic carbocycles. The molecule has 11 nitrogen and oxygen atoms in total. The van der Waals surface area contributed by atoms with Crippen LogP contribution in [-0.4, -0.2) is 55.4 Å². The number of carbonyl (C=O) groups is 1. The molecule has 1 fully saturated rings. The smallest absolute Gasteiger partial charge is 0.293 e. The number of nitrogens with zero attached hydrogens (tertiary/aromatic N) is 7. The summed E-state index contributed by atoms with van der Waals surface area (Å²) in [6, 6.07) is 8.05. The molecule has 1 saturated heterocycles. The number of piperidine rings is 1. The van der Waals surface area contributed by atoms with Gasteiger partial charge in [0.2, 0.25) is 11.6 Å². The van der Waals surface area contributed by atoms with E-state index in [-0.39, 0.29) is 22.7 Å². The molecule has 0 radical (unpaired) electrons. The van der Waals surface area contributed by atoms with Crippen molar-refractivity contribution < 1.29 is 9.42 Å². The van der Waals surface area contributed by atoms with Gasteiger partial charge in [0, 0.05) is 6.54 Å². The first-order valence-corrected chi connectivity index (χ1v) is 11.4. The second-order valence-electron chi connectivity index (χ2n) is 9.80. The highest BCUT2D eigenvalue weighted by Crippen LogP contribution is 2.23. The highest BCUT2D eigenvalue weighted by atomic mass is 16.6. The van der Waals surface area contributed by atoms with Gasteiger partial charge in [0.1, 0.15) is 0 Å². The highest BCUT2D eigenvalue weighted by molar-refractivity contribution is 5.94. The molecule has 0 saturated carbocycles. The van der Waals surface area contributed by atoms with Gasteiger partial charge >= 0.3 is 0 Å². The number of anilines is 1. The predicted molar refractivity (Wildman–Crippen MR) is 128 cm³/mol. The molecule has 3 heterocycles. The summed E-state index contributed by atoms with van der Waals surface area (Å²) in [4.78, 5) is 15.2. The van der Waals surface area contributed by atoms with E-state index in [9.17, 15) is 4.79 Å². The monoisotopic (exact) mass is 465 g/mol. The van der Waals surface area contributed by atoms with Gasteiger partial charge in [0.25, 0.3) is 5.91 Å². The number of benzene rings is 1. The number of amides is 1. The third-order valence-corrected chi connectivity index (χ3v) is 6.08. The zero-order valence-electron chi connectivity index (χ0n) is 20.0. The average molecular weight is 466 g/mol. The molecule has 180 valence electrons. The van der Waals surface area contributed by atoms with E-state index in [0.29, 0.717) is 18.2 Å². The van der Waals surface area contributed by atoms with Crippen LogP contribution in [0.25, 0.3) is 5.82 Å². The van der Waals surface area contributed by atoms with E-state index in [4.69, 9.17) is 10.4 Å². The summed E-state index contributed by atoms with van der Waals surface area (Å²) in [7, 11) is 0. The minimum Gasteiger partial charge on any atom is -0.378 e. The maximum atomic E-state index is 13.0. The van der Waals surface area contributed by atoms with Gasteiger partial charge in [-0.25, -0.2) is 10.1 Å². The van der Waals surface area contributed by atoms with E-state index in [1.165, 1.54) is 10.2 Å². The zero-order valence-corrected chi connectivity index (χ0v) is 20.0. The standard InChI is InChI=1S/C23H31N9O2/c1-15-9-11-31(12-10-15)14-18-19(26-30-32(18)21-20(24)28-34-29-21)22(33)27-25-13-16-5-7-17(8-6-16)23(2,3)4/h5-8,13,15H,9-12,14H2,1-4H3,(H2,24,28)(H,27,33). The highest BCUT2D eigenvalue weighted by Gasteiger charge is 2.26. The van der Waals surface area contributed by atoms with Crippen LogP contribution in [-0.2, 0) is 12.0 Å².